The molecule has 2 atom stereocenters. The fraction of sp³-hybridized carbons (Fsp3) is 0.643. The molecule has 0 radical (unpaired) electrons. The van der Waals surface area contributed by atoms with Crippen LogP contribution in [-0.2, 0) is 14.4 Å². The molecule has 6 nitrogen and oxygen atoms in total. The van der Waals surface area contributed by atoms with Crippen molar-refractivity contribution in [1.29, 1.82) is 0 Å². The molecule has 34 heavy (non-hydrogen) atoms. The summed E-state index contributed by atoms with van der Waals surface area (Å²) >= 11 is 0. The van der Waals surface area contributed by atoms with Crippen LogP contribution in [0, 0.1) is 43.4 Å². The van der Waals surface area contributed by atoms with Crippen molar-refractivity contribution >= 4 is 17.6 Å². The number of rotatable bonds is 11. The largest absolute Gasteiger partial charge is 0.481 e. The highest BCUT2D eigenvalue weighted by atomic mass is 16.7. The zero-order valence-corrected chi connectivity index (χ0v) is 21.0. The number of carboxylic acids is 1. The molecule has 0 saturated heterocycles. The van der Waals surface area contributed by atoms with Gasteiger partial charge in [-0.1, -0.05) is 44.4 Å². The molecule has 2 unspecified atom stereocenters. The number of hydrogen-bond acceptors (Lipinski definition) is 4. The van der Waals surface area contributed by atoms with Gasteiger partial charge in [-0.05, 0) is 74.5 Å². The topological polar surface area (TPSA) is 87.7 Å². The van der Waals surface area contributed by atoms with E-state index >= 15 is 0 Å². The van der Waals surface area contributed by atoms with Gasteiger partial charge >= 0.3 is 5.97 Å². The normalized spacial score (nSPS) is 25.1. The minimum absolute atomic E-state index is 0.0630. The van der Waals surface area contributed by atoms with Crippen molar-refractivity contribution in [3.8, 4) is 0 Å². The average molecular weight is 469 g/mol. The third-order valence-corrected chi connectivity index (χ3v) is 7.70. The maximum absolute atomic E-state index is 13.0. The fourth-order valence-electron chi connectivity index (χ4n) is 5.60. The Hall–Kier alpha value is -2.34. The highest BCUT2D eigenvalue weighted by Crippen LogP contribution is 2.51. The van der Waals surface area contributed by atoms with E-state index < -0.39 is 5.97 Å². The third kappa shape index (κ3) is 6.01. The highest BCUT2D eigenvalue weighted by molar-refractivity contribution is 5.92. The molecule has 0 spiro atoms. The van der Waals surface area contributed by atoms with Crippen LogP contribution >= 0.6 is 0 Å². The lowest BCUT2D eigenvalue weighted by Gasteiger charge is -2.36. The van der Waals surface area contributed by atoms with Crippen LogP contribution in [0.4, 0.5) is 5.69 Å². The van der Waals surface area contributed by atoms with Gasteiger partial charge in [-0.3, -0.25) is 9.59 Å². The Balaban J connectivity index is 1.45. The Kier molecular flexibility index (Phi) is 7.66. The Morgan fingerprint density at radius 1 is 1.15 bits per heavy atom. The second-order valence-corrected chi connectivity index (χ2v) is 11.2. The Labute approximate surface area is 203 Å². The monoisotopic (exact) mass is 468 g/mol. The molecule has 0 aromatic heterocycles. The van der Waals surface area contributed by atoms with Gasteiger partial charge in [0, 0.05) is 23.9 Å². The van der Waals surface area contributed by atoms with E-state index in [2.05, 4.69) is 24.6 Å². The lowest BCUT2D eigenvalue weighted by molar-refractivity contribution is -0.138. The number of hydroxylamine groups is 1. The number of carboxylic acid groups (broad SMARTS) is 1. The van der Waals surface area contributed by atoms with E-state index in [0.29, 0.717) is 11.8 Å². The van der Waals surface area contributed by atoms with Gasteiger partial charge in [0.2, 0.25) is 5.91 Å². The Bertz CT molecular complexity index is 944. The fourth-order valence-corrected chi connectivity index (χ4v) is 5.60. The van der Waals surface area contributed by atoms with Crippen LogP contribution in [0.25, 0.3) is 0 Å². The van der Waals surface area contributed by atoms with Gasteiger partial charge < -0.3 is 15.3 Å². The summed E-state index contributed by atoms with van der Waals surface area (Å²) in [4.78, 5) is 30.7. The quantitative estimate of drug-likeness (QED) is 0.385. The molecule has 2 saturated carbocycles. The summed E-state index contributed by atoms with van der Waals surface area (Å²) in [5.41, 5.74) is 7.34. The van der Waals surface area contributed by atoms with Crippen molar-refractivity contribution in [1.82, 2.24) is 5.48 Å². The molecule has 6 heteroatoms. The number of hydrogen-bond donors (Lipinski definition) is 3. The molecule has 1 heterocycles. The summed E-state index contributed by atoms with van der Waals surface area (Å²) in [6, 6.07) is 5.70. The molecule has 2 aliphatic carbocycles. The first-order chi connectivity index (χ1) is 16.2. The zero-order valence-electron chi connectivity index (χ0n) is 21.0. The van der Waals surface area contributed by atoms with Crippen LogP contribution in [0.15, 0.2) is 29.5 Å². The molecule has 1 aromatic carbocycles. The van der Waals surface area contributed by atoms with Crippen LogP contribution in [0.3, 0.4) is 0 Å². The zero-order chi connectivity index (χ0) is 24.4. The number of allylic oxidation sites excluding steroid dienone is 1. The highest BCUT2D eigenvalue weighted by Gasteiger charge is 2.46. The van der Waals surface area contributed by atoms with Gasteiger partial charge in [0.1, 0.15) is 5.76 Å². The van der Waals surface area contributed by atoms with Crippen LogP contribution in [0.1, 0.15) is 76.3 Å². The van der Waals surface area contributed by atoms with Crippen molar-refractivity contribution in [2.24, 2.45) is 29.6 Å². The number of carbonyl (C=O) groups excluding carboxylic acids is 1. The number of aryl methyl sites for hydroxylation is 2. The Morgan fingerprint density at radius 3 is 2.50 bits per heavy atom. The number of carbonyl (C=O) groups is 2. The number of benzene rings is 1. The maximum atomic E-state index is 13.0. The first kappa shape index (κ1) is 24.8. The first-order valence-electron chi connectivity index (χ1n) is 13.0. The van der Waals surface area contributed by atoms with Crippen molar-refractivity contribution in [3.05, 3.63) is 40.7 Å². The van der Waals surface area contributed by atoms with Crippen LogP contribution in [-0.4, -0.2) is 23.0 Å². The van der Waals surface area contributed by atoms with Gasteiger partial charge in [-0.25, -0.2) is 0 Å². The lowest BCUT2D eigenvalue weighted by Crippen LogP contribution is -2.37. The van der Waals surface area contributed by atoms with E-state index in [-0.39, 0.29) is 30.7 Å². The second kappa shape index (κ2) is 10.5. The maximum Gasteiger partial charge on any atom is 0.303 e. The molecule has 3 N–H and O–H groups in total. The molecule has 0 bridgehead atoms. The minimum Gasteiger partial charge on any atom is -0.481 e. The molecule has 3 aliphatic rings. The lowest BCUT2D eigenvalue weighted by atomic mass is 9.69. The SMILES string of the molecule is Cc1ccc(NC(=O)CC(CC(=O)O)C2NOC(C3CC(CCC(C)C)C3)=C2C2CC2)c(C)c1. The van der Waals surface area contributed by atoms with Crippen molar-refractivity contribution < 1.29 is 19.5 Å². The summed E-state index contributed by atoms with van der Waals surface area (Å²) in [6.45, 7) is 8.54. The van der Waals surface area contributed by atoms with E-state index in [4.69, 9.17) is 4.84 Å². The van der Waals surface area contributed by atoms with Crippen LogP contribution in [0.2, 0.25) is 0 Å². The molecule has 1 amide bonds. The van der Waals surface area contributed by atoms with Gasteiger partial charge in [-0.2, -0.15) is 0 Å². The number of nitrogens with one attached hydrogen (secondary N) is 2. The first-order valence-corrected chi connectivity index (χ1v) is 13.0. The smallest absolute Gasteiger partial charge is 0.303 e. The van der Waals surface area contributed by atoms with Gasteiger partial charge in [0.25, 0.3) is 0 Å². The summed E-state index contributed by atoms with van der Waals surface area (Å²) in [5, 5.41) is 12.6. The number of aliphatic carboxylic acids is 1. The number of amides is 1. The van der Waals surface area contributed by atoms with Crippen LogP contribution in [0.5, 0.6) is 0 Å². The summed E-state index contributed by atoms with van der Waals surface area (Å²) in [7, 11) is 0. The average Bonchev–Trinajstić information content (AvgIpc) is 3.47. The van der Waals surface area contributed by atoms with E-state index in [1.165, 1.54) is 18.4 Å². The van der Waals surface area contributed by atoms with Crippen molar-refractivity contribution in [3.63, 3.8) is 0 Å². The molecule has 186 valence electrons. The Morgan fingerprint density at radius 2 is 1.88 bits per heavy atom. The number of anilines is 1. The van der Waals surface area contributed by atoms with Crippen LogP contribution < -0.4 is 10.8 Å². The van der Waals surface area contributed by atoms with Gasteiger partial charge in [0.15, 0.2) is 0 Å². The van der Waals surface area contributed by atoms with E-state index in [9.17, 15) is 14.7 Å². The summed E-state index contributed by atoms with van der Waals surface area (Å²) < 4.78 is 0. The third-order valence-electron chi connectivity index (χ3n) is 7.70. The van der Waals surface area contributed by atoms with E-state index in [1.54, 1.807) is 0 Å². The van der Waals surface area contributed by atoms with E-state index in [0.717, 1.165) is 60.1 Å². The van der Waals surface area contributed by atoms with Gasteiger partial charge in [-0.15, -0.1) is 5.48 Å². The predicted octanol–water partition coefficient (Wildman–Crippen LogP) is 5.75. The standard InChI is InChI=1S/C28H40N2O4/c1-16(2)5-7-19-12-22(13-19)28-26(20-8-9-20)27(30-34-28)21(15-25(32)33)14-24(31)29-23-10-6-17(3)11-18(23)4/h6,10-11,16,19-22,27,30H,5,7-9,12-15H2,1-4H3,(H,29,31)(H,32,33). The van der Waals surface area contributed by atoms with E-state index in [1.807, 2.05) is 32.0 Å². The van der Waals surface area contributed by atoms with Gasteiger partial charge in [0.05, 0.1) is 12.5 Å². The molecular formula is C28H40N2O4. The van der Waals surface area contributed by atoms with Crippen molar-refractivity contribution in [2.75, 3.05) is 5.32 Å². The van der Waals surface area contributed by atoms with Crippen molar-refractivity contribution in [2.45, 2.75) is 85.1 Å². The second-order valence-electron chi connectivity index (χ2n) is 11.2. The molecule has 2 fully saturated rings. The molecule has 4 rings (SSSR count). The molecular weight excluding hydrogens is 428 g/mol. The molecule has 1 aliphatic heterocycles. The predicted molar refractivity (Wildman–Crippen MR) is 133 cm³/mol. The summed E-state index contributed by atoms with van der Waals surface area (Å²) in [6.07, 6.45) is 7.18. The minimum atomic E-state index is -0.882. The summed E-state index contributed by atoms with van der Waals surface area (Å²) in [5.74, 6) is 2.06. The molecule has 1 aromatic rings.